The highest BCUT2D eigenvalue weighted by atomic mass is 15.1. The molecule has 1 aliphatic heterocycles. The molecule has 2 heterocycles. The number of benzene rings is 1. The molecule has 2 aromatic rings. The second-order valence-electron chi connectivity index (χ2n) is 4.71. The minimum atomic E-state index is 0.778. The van der Waals surface area contributed by atoms with Crippen molar-refractivity contribution >= 4 is 10.9 Å². The fourth-order valence-electron chi connectivity index (χ4n) is 2.66. The van der Waals surface area contributed by atoms with Gasteiger partial charge in [0.1, 0.15) is 6.07 Å². The molecule has 3 rings (SSSR count). The SMILES string of the molecule is CCN1Cc2cc3c(C#N)cn(C)c3cc2C1. The lowest BCUT2D eigenvalue weighted by Gasteiger charge is -2.09. The van der Waals surface area contributed by atoms with Crippen LogP contribution in [-0.4, -0.2) is 16.0 Å². The fraction of sp³-hybridized carbons (Fsp3) is 0.357. The predicted molar refractivity (Wildman–Crippen MR) is 67.4 cm³/mol. The molecule has 0 radical (unpaired) electrons. The maximum atomic E-state index is 9.12. The predicted octanol–water partition coefficient (Wildman–Crippen LogP) is 2.39. The van der Waals surface area contributed by atoms with Crippen LogP contribution in [0.1, 0.15) is 23.6 Å². The van der Waals surface area contributed by atoms with Gasteiger partial charge in [0.15, 0.2) is 0 Å². The minimum absolute atomic E-state index is 0.778. The Hall–Kier alpha value is -1.79. The summed E-state index contributed by atoms with van der Waals surface area (Å²) in [4.78, 5) is 2.41. The van der Waals surface area contributed by atoms with Gasteiger partial charge in [-0.3, -0.25) is 4.90 Å². The Balaban J connectivity index is 2.21. The molecule has 0 amide bonds. The third-order valence-corrected chi connectivity index (χ3v) is 3.67. The summed E-state index contributed by atoms with van der Waals surface area (Å²) in [6, 6.07) is 6.70. The Kier molecular flexibility index (Phi) is 2.20. The van der Waals surface area contributed by atoms with Gasteiger partial charge >= 0.3 is 0 Å². The van der Waals surface area contributed by atoms with Crippen molar-refractivity contribution < 1.29 is 0 Å². The smallest absolute Gasteiger partial charge is 0.101 e. The van der Waals surface area contributed by atoms with Crippen LogP contribution in [-0.2, 0) is 20.1 Å². The van der Waals surface area contributed by atoms with Crippen molar-refractivity contribution in [2.45, 2.75) is 20.0 Å². The van der Waals surface area contributed by atoms with Gasteiger partial charge in [0, 0.05) is 37.2 Å². The molecule has 0 spiro atoms. The molecule has 1 aromatic heterocycles. The van der Waals surface area contributed by atoms with Crippen molar-refractivity contribution in [3.8, 4) is 6.07 Å². The molecular weight excluding hydrogens is 210 g/mol. The molecule has 0 aliphatic carbocycles. The Morgan fingerprint density at radius 2 is 2.00 bits per heavy atom. The Morgan fingerprint density at radius 1 is 1.29 bits per heavy atom. The van der Waals surface area contributed by atoms with Gasteiger partial charge in [0.05, 0.1) is 5.56 Å². The molecule has 3 heteroatoms. The van der Waals surface area contributed by atoms with Crippen molar-refractivity contribution in [3.05, 3.63) is 35.0 Å². The molecule has 0 fully saturated rings. The van der Waals surface area contributed by atoms with E-state index in [0.29, 0.717) is 0 Å². The average molecular weight is 225 g/mol. The summed E-state index contributed by atoms with van der Waals surface area (Å²) in [6.45, 7) is 5.32. The molecular formula is C14H15N3. The number of aromatic nitrogens is 1. The first-order valence-electron chi connectivity index (χ1n) is 5.96. The molecule has 86 valence electrons. The van der Waals surface area contributed by atoms with Crippen LogP contribution < -0.4 is 0 Å². The molecule has 0 saturated heterocycles. The molecule has 0 N–H and O–H groups in total. The van der Waals surface area contributed by atoms with Crippen LogP contribution in [0.25, 0.3) is 10.9 Å². The largest absolute Gasteiger partial charge is 0.349 e. The van der Waals surface area contributed by atoms with Gasteiger partial charge in [0.2, 0.25) is 0 Å². The van der Waals surface area contributed by atoms with Gasteiger partial charge in [-0.15, -0.1) is 0 Å². The standard InChI is InChI=1S/C14H15N3/c1-3-17-8-10-4-13-12(6-15)7-16(2)14(13)5-11(10)9-17/h4-5,7H,3,8-9H2,1-2H3. The highest BCUT2D eigenvalue weighted by molar-refractivity contribution is 5.88. The number of fused-ring (bicyclic) bond motifs is 2. The lowest BCUT2D eigenvalue weighted by molar-refractivity contribution is 0.301. The lowest BCUT2D eigenvalue weighted by atomic mass is 10.1. The third kappa shape index (κ3) is 1.45. The number of hydrogen-bond donors (Lipinski definition) is 0. The molecule has 17 heavy (non-hydrogen) atoms. The average Bonchev–Trinajstić information content (AvgIpc) is 2.88. The summed E-state index contributed by atoms with van der Waals surface area (Å²) in [5.74, 6) is 0. The van der Waals surface area contributed by atoms with E-state index in [-0.39, 0.29) is 0 Å². The van der Waals surface area contributed by atoms with Gasteiger partial charge in [-0.25, -0.2) is 0 Å². The molecule has 0 atom stereocenters. The first kappa shape index (κ1) is 10.4. The van der Waals surface area contributed by atoms with Gasteiger partial charge < -0.3 is 4.57 Å². The molecule has 0 saturated carbocycles. The number of hydrogen-bond acceptors (Lipinski definition) is 2. The van der Waals surface area contributed by atoms with Gasteiger partial charge in [-0.2, -0.15) is 5.26 Å². The van der Waals surface area contributed by atoms with Crippen LogP contribution in [0.15, 0.2) is 18.3 Å². The molecule has 3 nitrogen and oxygen atoms in total. The topological polar surface area (TPSA) is 32.0 Å². The number of rotatable bonds is 1. The number of nitrogens with zero attached hydrogens (tertiary/aromatic N) is 3. The van der Waals surface area contributed by atoms with E-state index in [1.165, 1.54) is 16.6 Å². The van der Waals surface area contributed by atoms with Crippen molar-refractivity contribution in [1.82, 2.24) is 9.47 Å². The summed E-state index contributed by atoms with van der Waals surface area (Å²) in [6.07, 6.45) is 1.91. The van der Waals surface area contributed by atoms with Crippen LogP contribution in [0.3, 0.4) is 0 Å². The monoisotopic (exact) mass is 225 g/mol. The zero-order valence-electron chi connectivity index (χ0n) is 10.2. The van der Waals surface area contributed by atoms with Crippen LogP contribution in [0.4, 0.5) is 0 Å². The second-order valence-corrected chi connectivity index (χ2v) is 4.71. The van der Waals surface area contributed by atoms with E-state index in [0.717, 1.165) is 30.6 Å². The Labute approximate surface area is 101 Å². The van der Waals surface area contributed by atoms with Gasteiger partial charge in [0.25, 0.3) is 0 Å². The van der Waals surface area contributed by atoms with Crippen LogP contribution in [0, 0.1) is 11.3 Å². The maximum Gasteiger partial charge on any atom is 0.101 e. The van der Waals surface area contributed by atoms with E-state index in [2.05, 4.69) is 30.0 Å². The molecule has 1 aliphatic rings. The number of aryl methyl sites for hydroxylation is 1. The van der Waals surface area contributed by atoms with E-state index in [9.17, 15) is 0 Å². The minimum Gasteiger partial charge on any atom is -0.349 e. The summed E-state index contributed by atoms with van der Waals surface area (Å²) in [5.41, 5.74) is 4.73. The van der Waals surface area contributed by atoms with Gasteiger partial charge in [-0.05, 0) is 29.8 Å². The highest BCUT2D eigenvalue weighted by Crippen LogP contribution is 2.29. The zero-order chi connectivity index (χ0) is 12.0. The van der Waals surface area contributed by atoms with Crippen molar-refractivity contribution in [2.24, 2.45) is 7.05 Å². The van der Waals surface area contributed by atoms with Crippen molar-refractivity contribution in [2.75, 3.05) is 6.54 Å². The third-order valence-electron chi connectivity index (χ3n) is 3.67. The fourth-order valence-corrected chi connectivity index (χ4v) is 2.66. The maximum absolute atomic E-state index is 9.12. The lowest BCUT2D eigenvalue weighted by Crippen LogP contribution is -2.14. The molecule has 0 bridgehead atoms. The molecule has 1 aromatic carbocycles. The summed E-state index contributed by atoms with van der Waals surface area (Å²) >= 11 is 0. The summed E-state index contributed by atoms with van der Waals surface area (Å²) in [5, 5.41) is 10.2. The van der Waals surface area contributed by atoms with Crippen LogP contribution in [0.2, 0.25) is 0 Å². The Bertz CT molecular complexity index is 631. The van der Waals surface area contributed by atoms with Gasteiger partial charge in [-0.1, -0.05) is 6.92 Å². The second kappa shape index (κ2) is 3.61. The van der Waals surface area contributed by atoms with Crippen molar-refractivity contribution in [3.63, 3.8) is 0 Å². The summed E-state index contributed by atoms with van der Waals surface area (Å²) < 4.78 is 2.04. The normalized spacial score (nSPS) is 15.1. The van der Waals surface area contributed by atoms with Crippen LogP contribution >= 0.6 is 0 Å². The summed E-state index contributed by atoms with van der Waals surface area (Å²) in [7, 11) is 2.00. The van der Waals surface area contributed by atoms with E-state index in [4.69, 9.17) is 5.26 Å². The number of nitriles is 1. The first-order valence-corrected chi connectivity index (χ1v) is 5.96. The van der Waals surface area contributed by atoms with E-state index >= 15 is 0 Å². The van der Waals surface area contributed by atoms with E-state index < -0.39 is 0 Å². The quantitative estimate of drug-likeness (QED) is 0.746. The highest BCUT2D eigenvalue weighted by Gasteiger charge is 2.19. The van der Waals surface area contributed by atoms with Crippen molar-refractivity contribution in [1.29, 1.82) is 5.26 Å². The Morgan fingerprint density at radius 3 is 2.65 bits per heavy atom. The zero-order valence-corrected chi connectivity index (χ0v) is 10.2. The van der Waals surface area contributed by atoms with Crippen LogP contribution in [0.5, 0.6) is 0 Å². The van der Waals surface area contributed by atoms with E-state index in [1.807, 2.05) is 17.8 Å². The first-order chi connectivity index (χ1) is 8.22. The van der Waals surface area contributed by atoms with E-state index in [1.54, 1.807) is 0 Å². The molecule has 0 unspecified atom stereocenters.